The van der Waals surface area contributed by atoms with Gasteiger partial charge in [-0.25, -0.2) is 0 Å². The molecule has 0 atom stereocenters. The van der Waals surface area contributed by atoms with Gasteiger partial charge in [0.1, 0.15) is 0 Å². The Bertz CT molecular complexity index is 902. The molecule has 0 amide bonds. The number of benzene rings is 3. The zero-order valence-corrected chi connectivity index (χ0v) is 17.8. The van der Waals surface area contributed by atoms with Crippen LogP contribution in [0.25, 0.3) is 10.8 Å². The van der Waals surface area contributed by atoms with Crippen LogP contribution in [0.5, 0.6) is 0 Å². The largest absolute Gasteiger partial charge is 0.481 e. The molecule has 30 heavy (non-hydrogen) atoms. The summed E-state index contributed by atoms with van der Waals surface area (Å²) in [6, 6.07) is 25.9. The van der Waals surface area contributed by atoms with Crippen LogP contribution in [0, 0.1) is 0 Å². The molecule has 3 nitrogen and oxygen atoms in total. The second-order valence-corrected chi connectivity index (χ2v) is 8.02. The van der Waals surface area contributed by atoms with Gasteiger partial charge in [-0.05, 0) is 67.1 Å². The molecule has 3 heteroatoms. The molecule has 0 aliphatic carbocycles. The molecule has 0 aromatic heterocycles. The maximum absolute atomic E-state index is 10.7. The fraction of sp³-hybridized carbons (Fsp3) is 0.370. The molecule has 0 saturated carbocycles. The standard InChI is InChI=1S/C27H33NO2/c29-27(30)18-5-2-8-20-28(21-10-13-23-11-3-1-4-12-23)22-19-25-16-9-15-24-14-6-7-17-26(24)25/h1,3-4,6-7,9,11-12,14-17H,2,5,8,10,13,18-22H2,(H,29,30). The van der Waals surface area contributed by atoms with Crippen LogP contribution in [-0.4, -0.2) is 35.6 Å². The topological polar surface area (TPSA) is 40.5 Å². The number of carbonyl (C=O) groups is 1. The molecule has 3 aromatic rings. The van der Waals surface area contributed by atoms with Crippen LogP contribution in [0.2, 0.25) is 0 Å². The fourth-order valence-electron chi connectivity index (χ4n) is 4.06. The summed E-state index contributed by atoms with van der Waals surface area (Å²) in [6.45, 7) is 3.17. The van der Waals surface area contributed by atoms with Crippen LogP contribution in [0.1, 0.15) is 43.2 Å². The van der Waals surface area contributed by atoms with Crippen LogP contribution in [-0.2, 0) is 17.6 Å². The average Bonchev–Trinajstić information content (AvgIpc) is 2.77. The van der Waals surface area contributed by atoms with E-state index in [1.54, 1.807) is 0 Å². The van der Waals surface area contributed by atoms with Crippen molar-refractivity contribution in [3.05, 3.63) is 83.9 Å². The molecule has 1 N–H and O–H groups in total. The van der Waals surface area contributed by atoms with Crippen molar-refractivity contribution < 1.29 is 9.90 Å². The van der Waals surface area contributed by atoms with Gasteiger partial charge in [0.2, 0.25) is 0 Å². The van der Waals surface area contributed by atoms with Crippen molar-refractivity contribution in [3.63, 3.8) is 0 Å². The molecule has 0 spiro atoms. The summed E-state index contributed by atoms with van der Waals surface area (Å²) in [6.07, 6.45) is 6.39. The summed E-state index contributed by atoms with van der Waals surface area (Å²) < 4.78 is 0. The minimum atomic E-state index is -0.689. The monoisotopic (exact) mass is 403 g/mol. The van der Waals surface area contributed by atoms with Gasteiger partial charge >= 0.3 is 5.97 Å². The summed E-state index contributed by atoms with van der Waals surface area (Å²) in [7, 11) is 0. The number of nitrogens with zero attached hydrogens (tertiary/aromatic N) is 1. The second kappa shape index (κ2) is 12.1. The Morgan fingerprint density at radius 1 is 0.700 bits per heavy atom. The smallest absolute Gasteiger partial charge is 0.303 e. The highest BCUT2D eigenvalue weighted by Gasteiger charge is 2.08. The molecule has 0 saturated heterocycles. The highest BCUT2D eigenvalue weighted by molar-refractivity contribution is 5.85. The third-order valence-electron chi connectivity index (χ3n) is 5.72. The summed E-state index contributed by atoms with van der Waals surface area (Å²) >= 11 is 0. The Morgan fingerprint density at radius 3 is 2.27 bits per heavy atom. The van der Waals surface area contributed by atoms with Gasteiger partial charge in [0.25, 0.3) is 0 Å². The predicted molar refractivity (Wildman–Crippen MR) is 125 cm³/mol. The van der Waals surface area contributed by atoms with Gasteiger partial charge in [0.05, 0.1) is 0 Å². The van der Waals surface area contributed by atoms with Gasteiger partial charge in [-0.15, -0.1) is 0 Å². The van der Waals surface area contributed by atoms with Gasteiger partial charge in [-0.1, -0.05) is 79.2 Å². The molecule has 0 fully saturated rings. The van der Waals surface area contributed by atoms with Crippen molar-refractivity contribution in [1.82, 2.24) is 4.90 Å². The summed E-state index contributed by atoms with van der Waals surface area (Å²) in [5, 5.41) is 11.5. The summed E-state index contributed by atoms with van der Waals surface area (Å²) in [4.78, 5) is 13.3. The van der Waals surface area contributed by atoms with E-state index in [2.05, 4.69) is 77.7 Å². The Kier molecular flexibility index (Phi) is 8.92. The first-order valence-corrected chi connectivity index (χ1v) is 11.2. The lowest BCUT2D eigenvalue weighted by Crippen LogP contribution is -2.29. The lowest BCUT2D eigenvalue weighted by molar-refractivity contribution is -0.137. The van der Waals surface area contributed by atoms with Gasteiger partial charge in [-0.3, -0.25) is 4.79 Å². The number of unbranched alkanes of at least 4 members (excludes halogenated alkanes) is 2. The first-order chi connectivity index (χ1) is 14.7. The van der Waals surface area contributed by atoms with Gasteiger partial charge in [0.15, 0.2) is 0 Å². The minimum Gasteiger partial charge on any atom is -0.481 e. The van der Waals surface area contributed by atoms with Crippen molar-refractivity contribution in [3.8, 4) is 0 Å². The van der Waals surface area contributed by atoms with E-state index in [9.17, 15) is 4.79 Å². The number of fused-ring (bicyclic) bond motifs is 1. The van der Waals surface area contributed by atoms with Crippen LogP contribution in [0.3, 0.4) is 0 Å². The van der Waals surface area contributed by atoms with Gasteiger partial charge < -0.3 is 10.0 Å². The highest BCUT2D eigenvalue weighted by atomic mass is 16.4. The molecule has 0 heterocycles. The van der Waals surface area contributed by atoms with Crippen LogP contribution in [0.15, 0.2) is 72.8 Å². The molecule has 3 rings (SSSR count). The first-order valence-electron chi connectivity index (χ1n) is 11.2. The zero-order chi connectivity index (χ0) is 21.0. The predicted octanol–water partition coefficient (Wildman–Crippen LogP) is 5.96. The minimum absolute atomic E-state index is 0.282. The van der Waals surface area contributed by atoms with Crippen molar-refractivity contribution in [1.29, 1.82) is 0 Å². The van der Waals surface area contributed by atoms with Crippen LogP contribution in [0.4, 0.5) is 0 Å². The third-order valence-corrected chi connectivity index (χ3v) is 5.72. The van der Waals surface area contributed by atoms with E-state index in [1.807, 2.05) is 0 Å². The maximum atomic E-state index is 10.7. The van der Waals surface area contributed by atoms with Crippen LogP contribution < -0.4 is 0 Å². The first kappa shape index (κ1) is 22.0. The quantitative estimate of drug-likeness (QED) is 0.358. The molecular weight excluding hydrogens is 370 g/mol. The van der Waals surface area contributed by atoms with E-state index in [0.717, 1.165) is 58.2 Å². The number of aliphatic carboxylic acids is 1. The fourth-order valence-corrected chi connectivity index (χ4v) is 4.06. The lowest BCUT2D eigenvalue weighted by atomic mass is 10.0. The Hall–Kier alpha value is -2.65. The maximum Gasteiger partial charge on any atom is 0.303 e. The van der Waals surface area contributed by atoms with Crippen molar-refractivity contribution in [2.75, 3.05) is 19.6 Å². The Balaban J connectivity index is 1.54. The lowest BCUT2D eigenvalue weighted by Gasteiger charge is -2.23. The van der Waals surface area contributed by atoms with E-state index in [-0.39, 0.29) is 6.42 Å². The molecule has 0 bridgehead atoms. The summed E-state index contributed by atoms with van der Waals surface area (Å²) in [5.74, 6) is -0.689. The molecule has 0 radical (unpaired) electrons. The van der Waals surface area contributed by atoms with Crippen LogP contribution >= 0.6 is 0 Å². The highest BCUT2D eigenvalue weighted by Crippen LogP contribution is 2.19. The SMILES string of the molecule is O=C(O)CCCCCN(CCCc1ccccc1)CCc1cccc2ccccc12. The normalized spacial score (nSPS) is 11.2. The number of hydrogen-bond acceptors (Lipinski definition) is 2. The number of carboxylic acid groups (broad SMARTS) is 1. The van der Waals surface area contributed by atoms with E-state index < -0.39 is 5.97 Å². The van der Waals surface area contributed by atoms with E-state index >= 15 is 0 Å². The average molecular weight is 404 g/mol. The molecule has 0 aliphatic heterocycles. The number of aryl methyl sites for hydroxylation is 1. The Morgan fingerprint density at radius 2 is 1.43 bits per heavy atom. The third kappa shape index (κ3) is 7.31. The molecule has 158 valence electrons. The number of carboxylic acids is 1. The second-order valence-electron chi connectivity index (χ2n) is 8.02. The van der Waals surface area contributed by atoms with Gasteiger partial charge in [0, 0.05) is 13.0 Å². The van der Waals surface area contributed by atoms with Gasteiger partial charge in [-0.2, -0.15) is 0 Å². The molecular formula is C27H33NO2. The zero-order valence-electron chi connectivity index (χ0n) is 17.8. The van der Waals surface area contributed by atoms with E-state index in [0.29, 0.717) is 0 Å². The van der Waals surface area contributed by atoms with E-state index in [4.69, 9.17) is 5.11 Å². The molecule has 3 aromatic carbocycles. The molecule has 0 unspecified atom stereocenters. The van der Waals surface area contributed by atoms with E-state index in [1.165, 1.54) is 21.9 Å². The number of hydrogen-bond donors (Lipinski definition) is 1. The summed E-state index contributed by atoms with van der Waals surface area (Å²) in [5.41, 5.74) is 2.81. The Labute approximate surface area is 180 Å². The van der Waals surface area contributed by atoms with Crippen molar-refractivity contribution in [2.24, 2.45) is 0 Å². The van der Waals surface area contributed by atoms with Crippen molar-refractivity contribution >= 4 is 16.7 Å². The molecule has 0 aliphatic rings. The van der Waals surface area contributed by atoms with Crippen molar-refractivity contribution in [2.45, 2.75) is 44.9 Å². The number of rotatable bonds is 13.